The molecule has 0 fully saturated rings. The van der Waals surface area contributed by atoms with Gasteiger partial charge in [-0.2, -0.15) is 5.10 Å². The minimum atomic E-state index is -1.15. The van der Waals surface area contributed by atoms with Crippen LogP contribution in [0.1, 0.15) is 30.2 Å². The van der Waals surface area contributed by atoms with E-state index < -0.39 is 5.60 Å². The number of thiophene rings is 1. The minimum Gasteiger partial charge on any atom is -0.383 e. The molecule has 2 atom stereocenters. The Morgan fingerprint density at radius 2 is 2.32 bits per heavy atom. The average Bonchev–Trinajstić information content (AvgIpc) is 3.14. The van der Waals surface area contributed by atoms with Crippen LogP contribution >= 0.6 is 11.3 Å². The summed E-state index contributed by atoms with van der Waals surface area (Å²) in [5.41, 5.74) is -0.479. The van der Waals surface area contributed by atoms with Gasteiger partial charge in [-0.15, -0.1) is 11.3 Å². The first kappa shape index (κ1) is 16.5. The third-order valence-corrected chi connectivity index (χ3v) is 4.62. The third kappa shape index (κ3) is 4.32. The van der Waals surface area contributed by atoms with Gasteiger partial charge in [0.05, 0.1) is 12.7 Å². The van der Waals surface area contributed by atoms with Crippen LogP contribution in [0.4, 0.5) is 4.79 Å². The van der Waals surface area contributed by atoms with Crippen molar-refractivity contribution in [1.29, 1.82) is 0 Å². The zero-order chi connectivity index (χ0) is 16.2. The molecular weight excluding hydrogens is 300 g/mol. The second kappa shape index (κ2) is 6.93. The van der Waals surface area contributed by atoms with Gasteiger partial charge in [0.2, 0.25) is 0 Å². The molecule has 2 aromatic heterocycles. The first-order chi connectivity index (χ1) is 10.4. The molecule has 0 radical (unpaired) electrons. The maximum Gasteiger partial charge on any atom is 0.314 e. The number of carbonyl (C=O) groups is 1. The highest BCUT2D eigenvalue weighted by Crippen LogP contribution is 2.20. The second-order valence-corrected chi connectivity index (χ2v) is 6.64. The van der Waals surface area contributed by atoms with Crippen LogP contribution in [0.3, 0.4) is 0 Å². The summed E-state index contributed by atoms with van der Waals surface area (Å²) in [5, 5.41) is 22.0. The molecule has 0 saturated carbocycles. The molecule has 7 heteroatoms. The van der Waals surface area contributed by atoms with Crippen LogP contribution in [0, 0.1) is 0 Å². The predicted molar refractivity (Wildman–Crippen MR) is 86.9 cm³/mol. The lowest BCUT2D eigenvalue weighted by Crippen LogP contribution is -2.44. The van der Waals surface area contributed by atoms with E-state index in [4.69, 9.17) is 0 Å². The van der Waals surface area contributed by atoms with Crippen molar-refractivity contribution < 1.29 is 9.90 Å². The zero-order valence-electron chi connectivity index (χ0n) is 13.0. The molecule has 2 aromatic rings. The van der Waals surface area contributed by atoms with Crippen molar-refractivity contribution in [2.45, 2.75) is 25.4 Å². The van der Waals surface area contributed by atoms with Gasteiger partial charge >= 0.3 is 6.03 Å². The Balaban J connectivity index is 1.77. The number of nitrogens with one attached hydrogen (secondary N) is 2. The Morgan fingerprint density at radius 3 is 2.91 bits per heavy atom. The van der Waals surface area contributed by atoms with Crippen LogP contribution < -0.4 is 10.6 Å². The normalized spacial score (nSPS) is 15.1. The number of amides is 2. The van der Waals surface area contributed by atoms with Crippen molar-refractivity contribution in [3.05, 3.63) is 40.3 Å². The molecule has 2 heterocycles. The highest BCUT2D eigenvalue weighted by atomic mass is 32.1. The molecule has 0 aromatic carbocycles. The first-order valence-electron chi connectivity index (χ1n) is 7.15. The average molecular weight is 322 g/mol. The Kier molecular flexibility index (Phi) is 5.20. The molecule has 22 heavy (non-hydrogen) atoms. The predicted octanol–water partition coefficient (Wildman–Crippen LogP) is 1.79. The summed E-state index contributed by atoms with van der Waals surface area (Å²) < 4.78 is 1.62. The number of aromatic nitrogens is 2. The molecular formula is C15H22N4O2S. The lowest BCUT2D eigenvalue weighted by atomic mass is 10.00. The molecule has 0 aliphatic heterocycles. The van der Waals surface area contributed by atoms with Gasteiger partial charge in [0.25, 0.3) is 0 Å². The van der Waals surface area contributed by atoms with E-state index in [0.717, 1.165) is 0 Å². The quantitative estimate of drug-likeness (QED) is 0.758. The van der Waals surface area contributed by atoms with Gasteiger partial charge < -0.3 is 15.7 Å². The fourth-order valence-electron chi connectivity index (χ4n) is 2.03. The van der Waals surface area contributed by atoms with E-state index in [1.807, 2.05) is 11.4 Å². The topological polar surface area (TPSA) is 79.2 Å². The molecule has 0 bridgehead atoms. The zero-order valence-corrected chi connectivity index (χ0v) is 13.9. The molecule has 2 unspecified atom stereocenters. The van der Waals surface area contributed by atoms with E-state index in [9.17, 15) is 9.90 Å². The van der Waals surface area contributed by atoms with Gasteiger partial charge in [-0.25, -0.2) is 4.79 Å². The number of hydrogen-bond acceptors (Lipinski definition) is 4. The van der Waals surface area contributed by atoms with Crippen LogP contribution in [0.15, 0.2) is 29.9 Å². The largest absolute Gasteiger partial charge is 0.383 e. The highest BCUT2D eigenvalue weighted by molar-refractivity contribution is 7.10. The van der Waals surface area contributed by atoms with E-state index in [2.05, 4.69) is 28.7 Å². The van der Waals surface area contributed by atoms with E-state index in [1.165, 1.54) is 4.88 Å². The molecule has 6 nitrogen and oxygen atoms in total. The van der Waals surface area contributed by atoms with Gasteiger partial charge in [-0.1, -0.05) is 13.0 Å². The number of rotatable bonds is 6. The van der Waals surface area contributed by atoms with E-state index >= 15 is 0 Å². The lowest BCUT2D eigenvalue weighted by molar-refractivity contribution is 0.0593. The number of carbonyl (C=O) groups excluding carboxylic acids is 1. The smallest absolute Gasteiger partial charge is 0.314 e. The molecule has 2 rings (SSSR count). The minimum absolute atomic E-state index is 0.123. The van der Waals surface area contributed by atoms with Crippen molar-refractivity contribution in [2.75, 3.05) is 13.1 Å². The molecule has 120 valence electrons. The number of urea groups is 1. The standard InChI is InChI=1S/C15H22N4O2S/c1-11(13-5-4-6-22-13)7-16-14(20)17-10-15(2,21)12-8-18-19(3)9-12/h4-6,8-9,11,21H,7,10H2,1-3H3,(H2,16,17,20). The highest BCUT2D eigenvalue weighted by Gasteiger charge is 2.25. The SMILES string of the molecule is CC(CNC(=O)NCC(C)(O)c1cnn(C)c1)c1cccs1. The Hall–Kier alpha value is -1.86. The Labute approximate surface area is 134 Å². The Morgan fingerprint density at radius 1 is 1.55 bits per heavy atom. The summed E-state index contributed by atoms with van der Waals surface area (Å²) >= 11 is 1.68. The fourth-order valence-corrected chi connectivity index (χ4v) is 2.82. The van der Waals surface area contributed by atoms with Gasteiger partial charge in [0.1, 0.15) is 5.60 Å². The summed E-state index contributed by atoms with van der Waals surface area (Å²) in [6, 6.07) is 3.77. The van der Waals surface area contributed by atoms with Crippen LogP contribution in [0.25, 0.3) is 0 Å². The maximum atomic E-state index is 11.8. The van der Waals surface area contributed by atoms with E-state index in [1.54, 1.807) is 42.4 Å². The van der Waals surface area contributed by atoms with Crippen LogP contribution in [0.2, 0.25) is 0 Å². The first-order valence-corrected chi connectivity index (χ1v) is 8.03. The van der Waals surface area contributed by atoms with Crippen molar-refractivity contribution in [2.24, 2.45) is 7.05 Å². The van der Waals surface area contributed by atoms with Crippen molar-refractivity contribution >= 4 is 17.4 Å². The lowest BCUT2D eigenvalue weighted by Gasteiger charge is -2.22. The van der Waals surface area contributed by atoms with Crippen molar-refractivity contribution in [3.8, 4) is 0 Å². The molecule has 2 amide bonds. The summed E-state index contributed by atoms with van der Waals surface area (Å²) in [6.07, 6.45) is 3.33. The monoisotopic (exact) mass is 322 g/mol. The van der Waals surface area contributed by atoms with Crippen molar-refractivity contribution in [3.63, 3.8) is 0 Å². The molecule has 0 aliphatic carbocycles. The summed E-state index contributed by atoms with van der Waals surface area (Å²) in [6.45, 7) is 4.40. The van der Waals surface area contributed by atoms with Gasteiger partial charge in [0, 0.05) is 36.1 Å². The van der Waals surface area contributed by atoms with Gasteiger partial charge in [-0.3, -0.25) is 4.68 Å². The second-order valence-electron chi connectivity index (χ2n) is 5.66. The summed E-state index contributed by atoms with van der Waals surface area (Å²) in [5.74, 6) is 0.268. The van der Waals surface area contributed by atoms with E-state index in [-0.39, 0.29) is 18.5 Å². The maximum absolute atomic E-state index is 11.8. The van der Waals surface area contributed by atoms with Crippen LogP contribution in [0.5, 0.6) is 0 Å². The Bertz CT molecular complexity index is 607. The number of hydrogen-bond donors (Lipinski definition) is 3. The van der Waals surface area contributed by atoms with Gasteiger partial charge in [-0.05, 0) is 18.4 Å². The summed E-state index contributed by atoms with van der Waals surface area (Å²) in [7, 11) is 1.78. The fraction of sp³-hybridized carbons (Fsp3) is 0.467. The molecule has 3 N–H and O–H groups in total. The number of aryl methyl sites for hydroxylation is 1. The number of nitrogens with zero attached hydrogens (tertiary/aromatic N) is 2. The van der Waals surface area contributed by atoms with E-state index in [0.29, 0.717) is 12.1 Å². The summed E-state index contributed by atoms with van der Waals surface area (Å²) in [4.78, 5) is 13.1. The van der Waals surface area contributed by atoms with Crippen molar-refractivity contribution in [1.82, 2.24) is 20.4 Å². The number of aliphatic hydroxyl groups is 1. The molecule has 0 saturated heterocycles. The molecule has 0 spiro atoms. The van der Waals surface area contributed by atoms with Crippen LogP contribution in [-0.2, 0) is 12.6 Å². The van der Waals surface area contributed by atoms with Crippen LogP contribution in [-0.4, -0.2) is 34.0 Å². The third-order valence-electron chi connectivity index (χ3n) is 3.52. The van der Waals surface area contributed by atoms with Gasteiger partial charge in [0.15, 0.2) is 0 Å². The molecule has 0 aliphatic rings.